The first-order chi connectivity index (χ1) is 8.79. The molecule has 0 N–H and O–H groups in total. The van der Waals surface area contributed by atoms with E-state index in [9.17, 15) is 4.79 Å². The van der Waals surface area contributed by atoms with E-state index in [-0.39, 0.29) is 5.78 Å². The second-order valence-electron chi connectivity index (χ2n) is 3.92. The maximum Gasteiger partial charge on any atom is 0.162 e. The number of hydrogen-bond donors (Lipinski definition) is 0. The highest BCUT2D eigenvalue weighted by atomic mass is 16.5. The predicted octanol–water partition coefficient (Wildman–Crippen LogP) is 1.95. The quantitative estimate of drug-likeness (QED) is 0.730. The lowest BCUT2D eigenvalue weighted by atomic mass is 10.1. The van der Waals surface area contributed by atoms with Crippen LogP contribution >= 0.6 is 0 Å². The van der Waals surface area contributed by atoms with E-state index in [0.717, 1.165) is 17.7 Å². The number of rotatable bonds is 6. The Morgan fingerprint density at radius 2 is 2.11 bits per heavy atom. The summed E-state index contributed by atoms with van der Waals surface area (Å²) in [4.78, 5) is 11.9. The normalized spacial score (nSPS) is 10.3. The summed E-state index contributed by atoms with van der Waals surface area (Å²) in [5.41, 5.74) is 0.717. The molecule has 0 atom stereocenters. The molecule has 0 aliphatic rings. The number of hydrogen-bond acceptors (Lipinski definition) is 4. The third-order valence-corrected chi connectivity index (χ3v) is 2.67. The molecule has 1 aromatic carbocycles. The Hall–Kier alpha value is -2.17. The van der Waals surface area contributed by atoms with Crippen LogP contribution in [0, 0.1) is 0 Å². The Balaban J connectivity index is 1.83. The number of methoxy groups -OCH3 is 1. The van der Waals surface area contributed by atoms with Gasteiger partial charge in [0.25, 0.3) is 0 Å². The Kier molecular flexibility index (Phi) is 4.06. The van der Waals surface area contributed by atoms with E-state index in [1.165, 1.54) is 0 Å². The van der Waals surface area contributed by atoms with Crippen LogP contribution in [0.2, 0.25) is 0 Å². The van der Waals surface area contributed by atoms with Crippen molar-refractivity contribution in [2.45, 2.75) is 19.4 Å². The third-order valence-electron chi connectivity index (χ3n) is 2.67. The second kappa shape index (κ2) is 5.95. The van der Waals surface area contributed by atoms with Crippen molar-refractivity contribution < 1.29 is 9.53 Å². The standard InChI is InChI=1S/C13H15N3O2/c1-18-12-6-4-11(5-7-12)13(17)3-2-9-16-10-8-14-15-16/h4-8,10H,2-3,9H2,1H3. The summed E-state index contributed by atoms with van der Waals surface area (Å²) in [6.07, 6.45) is 4.68. The van der Waals surface area contributed by atoms with Crippen LogP contribution < -0.4 is 4.74 Å². The lowest BCUT2D eigenvalue weighted by molar-refractivity contribution is 0.0978. The van der Waals surface area contributed by atoms with E-state index < -0.39 is 0 Å². The van der Waals surface area contributed by atoms with Crippen molar-refractivity contribution in [2.75, 3.05) is 7.11 Å². The number of aryl methyl sites for hydroxylation is 1. The van der Waals surface area contributed by atoms with Gasteiger partial charge in [0.1, 0.15) is 5.75 Å². The summed E-state index contributed by atoms with van der Waals surface area (Å²) in [6, 6.07) is 7.17. The maximum absolute atomic E-state index is 11.9. The number of nitrogens with zero attached hydrogens (tertiary/aromatic N) is 3. The smallest absolute Gasteiger partial charge is 0.162 e. The number of carbonyl (C=O) groups excluding carboxylic acids is 1. The fourth-order valence-corrected chi connectivity index (χ4v) is 1.67. The summed E-state index contributed by atoms with van der Waals surface area (Å²) in [5.74, 6) is 0.895. The van der Waals surface area contributed by atoms with Crippen LogP contribution in [-0.4, -0.2) is 27.9 Å². The summed E-state index contributed by atoms with van der Waals surface area (Å²) < 4.78 is 6.77. The van der Waals surface area contributed by atoms with Gasteiger partial charge < -0.3 is 4.74 Å². The molecule has 0 saturated heterocycles. The first-order valence-corrected chi connectivity index (χ1v) is 5.81. The molecule has 18 heavy (non-hydrogen) atoms. The molecule has 0 aliphatic heterocycles. The highest BCUT2D eigenvalue weighted by Crippen LogP contribution is 2.13. The second-order valence-corrected chi connectivity index (χ2v) is 3.92. The number of carbonyl (C=O) groups is 1. The summed E-state index contributed by atoms with van der Waals surface area (Å²) in [6.45, 7) is 0.710. The van der Waals surface area contributed by atoms with E-state index in [1.54, 1.807) is 48.5 Å². The van der Waals surface area contributed by atoms with Crippen molar-refractivity contribution >= 4 is 5.78 Å². The molecule has 0 spiro atoms. The van der Waals surface area contributed by atoms with Gasteiger partial charge in [-0.3, -0.25) is 9.48 Å². The summed E-state index contributed by atoms with van der Waals surface area (Å²) >= 11 is 0. The first kappa shape index (κ1) is 12.3. The van der Waals surface area contributed by atoms with E-state index >= 15 is 0 Å². The number of aromatic nitrogens is 3. The van der Waals surface area contributed by atoms with E-state index in [2.05, 4.69) is 10.3 Å². The van der Waals surface area contributed by atoms with Gasteiger partial charge >= 0.3 is 0 Å². The van der Waals surface area contributed by atoms with Gasteiger partial charge in [0.2, 0.25) is 0 Å². The van der Waals surface area contributed by atoms with Crippen molar-refractivity contribution in [1.29, 1.82) is 0 Å². The summed E-state index contributed by atoms with van der Waals surface area (Å²) in [7, 11) is 1.61. The Bertz CT molecular complexity index is 491. The average molecular weight is 245 g/mol. The number of Topliss-reactive ketones (excluding diaryl/α,β-unsaturated/α-hetero) is 1. The van der Waals surface area contributed by atoms with Gasteiger partial charge in [0.05, 0.1) is 13.3 Å². The molecule has 0 radical (unpaired) electrons. The molecule has 94 valence electrons. The molecular formula is C13H15N3O2. The minimum atomic E-state index is 0.137. The molecule has 5 heteroatoms. The van der Waals surface area contributed by atoms with E-state index in [0.29, 0.717) is 13.0 Å². The van der Waals surface area contributed by atoms with Gasteiger partial charge in [-0.05, 0) is 30.7 Å². The lowest BCUT2D eigenvalue weighted by Gasteiger charge is -2.03. The minimum Gasteiger partial charge on any atom is -0.497 e. The molecule has 2 aromatic rings. The molecule has 0 aliphatic carbocycles. The zero-order valence-electron chi connectivity index (χ0n) is 10.2. The zero-order chi connectivity index (χ0) is 12.8. The molecule has 0 unspecified atom stereocenters. The van der Waals surface area contributed by atoms with E-state index in [4.69, 9.17) is 4.74 Å². The molecule has 0 fully saturated rings. The molecule has 2 rings (SSSR count). The van der Waals surface area contributed by atoms with Crippen LogP contribution in [0.15, 0.2) is 36.7 Å². The number of ketones is 1. The van der Waals surface area contributed by atoms with Crippen LogP contribution in [0.1, 0.15) is 23.2 Å². The van der Waals surface area contributed by atoms with Gasteiger partial charge in [-0.15, -0.1) is 5.10 Å². The fourth-order valence-electron chi connectivity index (χ4n) is 1.67. The maximum atomic E-state index is 11.9. The van der Waals surface area contributed by atoms with Gasteiger partial charge in [0.15, 0.2) is 5.78 Å². The zero-order valence-corrected chi connectivity index (χ0v) is 10.2. The van der Waals surface area contributed by atoms with Crippen molar-refractivity contribution in [2.24, 2.45) is 0 Å². The van der Waals surface area contributed by atoms with Crippen LogP contribution in [0.25, 0.3) is 0 Å². The molecule has 1 aromatic heterocycles. The predicted molar refractivity (Wildman–Crippen MR) is 66.6 cm³/mol. The molecule has 0 bridgehead atoms. The van der Waals surface area contributed by atoms with Gasteiger partial charge in [-0.25, -0.2) is 0 Å². The van der Waals surface area contributed by atoms with Crippen molar-refractivity contribution in [1.82, 2.24) is 15.0 Å². The van der Waals surface area contributed by atoms with Crippen LogP contribution in [-0.2, 0) is 6.54 Å². The largest absolute Gasteiger partial charge is 0.497 e. The third kappa shape index (κ3) is 3.16. The van der Waals surface area contributed by atoms with Crippen LogP contribution in [0.4, 0.5) is 0 Å². The molecular weight excluding hydrogens is 230 g/mol. The topological polar surface area (TPSA) is 57.0 Å². The average Bonchev–Trinajstić information content (AvgIpc) is 2.92. The fraction of sp³-hybridized carbons (Fsp3) is 0.308. The van der Waals surface area contributed by atoms with Gasteiger partial charge in [-0.2, -0.15) is 0 Å². The molecule has 0 saturated carbocycles. The first-order valence-electron chi connectivity index (χ1n) is 5.81. The van der Waals surface area contributed by atoms with Crippen LogP contribution in [0.3, 0.4) is 0 Å². The number of benzene rings is 1. The van der Waals surface area contributed by atoms with Gasteiger partial charge in [-0.1, -0.05) is 5.21 Å². The lowest BCUT2D eigenvalue weighted by Crippen LogP contribution is -2.04. The molecule has 1 heterocycles. The SMILES string of the molecule is COc1ccc(C(=O)CCCn2ccnn2)cc1. The minimum absolute atomic E-state index is 0.137. The number of ether oxygens (including phenoxy) is 1. The monoisotopic (exact) mass is 245 g/mol. The highest BCUT2D eigenvalue weighted by molar-refractivity contribution is 5.96. The van der Waals surface area contributed by atoms with E-state index in [1.807, 2.05) is 0 Å². The Morgan fingerprint density at radius 3 is 2.72 bits per heavy atom. The summed E-state index contributed by atoms with van der Waals surface area (Å²) in [5, 5.41) is 7.56. The Morgan fingerprint density at radius 1 is 1.33 bits per heavy atom. The Labute approximate surface area is 105 Å². The molecule has 5 nitrogen and oxygen atoms in total. The van der Waals surface area contributed by atoms with Gasteiger partial charge in [0, 0.05) is 24.7 Å². The van der Waals surface area contributed by atoms with Crippen molar-refractivity contribution in [3.05, 3.63) is 42.2 Å². The van der Waals surface area contributed by atoms with Crippen molar-refractivity contribution in [3.63, 3.8) is 0 Å². The highest BCUT2D eigenvalue weighted by Gasteiger charge is 2.05. The van der Waals surface area contributed by atoms with Crippen LogP contribution in [0.5, 0.6) is 5.75 Å². The van der Waals surface area contributed by atoms with Crippen molar-refractivity contribution in [3.8, 4) is 5.75 Å². The molecule has 0 amide bonds.